The molecule has 0 aliphatic heterocycles. The molecule has 0 amide bonds. The number of anilines is 1. The van der Waals surface area contributed by atoms with E-state index in [4.69, 9.17) is 21.1 Å². The first-order chi connectivity index (χ1) is 22.4. The minimum absolute atomic E-state index is 0.0565. The van der Waals surface area contributed by atoms with Gasteiger partial charge in [0.25, 0.3) is 0 Å². The highest BCUT2D eigenvalue weighted by atomic mass is 35.5. The van der Waals surface area contributed by atoms with Crippen LogP contribution in [0.25, 0.3) is 0 Å². The van der Waals surface area contributed by atoms with Crippen molar-refractivity contribution in [3.05, 3.63) is 76.9 Å². The summed E-state index contributed by atoms with van der Waals surface area (Å²) in [7, 11) is 1.35. The van der Waals surface area contributed by atoms with Crippen molar-refractivity contribution in [1.82, 2.24) is 0 Å². The molecular weight excluding hydrogens is 606 g/mol. The van der Waals surface area contributed by atoms with E-state index in [0.29, 0.717) is 52.9 Å². The summed E-state index contributed by atoms with van der Waals surface area (Å²) in [5.74, 6) is 2.46. The van der Waals surface area contributed by atoms with Crippen LogP contribution in [-0.2, 0) is 19.1 Å². The first-order valence-corrected chi connectivity index (χ1v) is 18.3. The number of carbonyl (C=O) groups excluding carboxylic acids is 2. The first-order valence-electron chi connectivity index (χ1n) is 17.9. The van der Waals surface area contributed by atoms with Crippen molar-refractivity contribution in [3.8, 4) is 0 Å². The molecule has 5 nitrogen and oxygen atoms in total. The zero-order chi connectivity index (χ0) is 34.3. The van der Waals surface area contributed by atoms with Crippen LogP contribution in [0.3, 0.4) is 0 Å². The molecule has 0 saturated heterocycles. The number of nitrogens with zero attached hydrogens (tertiary/aromatic N) is 1. The molecule has 1 aromatic carbocycles. The van der Waals surface area contributed by atoms with Gasteiger partial charge >= 0.3 is 11.9 Å². The molecule has 0 spiro atoms. The van der Waals surface area contributed by atoms with Crippen LogP contribution < -0.4 is 4.90 Å². The van der Waals surface area contributed by atoms with E-state index in [1.54, 1.807) is 22.6 Å². The number of fused-ring (bicyclic) bond motifs is 1. The zero-order valence-corrected chi connectivity index (χ0v) is 30.7. The van der Waals surface area contributed by atoms with Crippen LogP contribution >= 0.6 is 11.6 Å². The molecule has 3 saturated carbocycles. The topological polar surface area (TPSA) is 55.8 Å². The summed E-state index contributed by atoms with van der Waals surface area (Å²) in [6.07, 6.45) is 18.4. The van der Waals surface area contributed by atoms with Gasteiger partial charge in [0.05, 0.1) is 7.11 Å². The maximum atomic E-state index is 13.6. The number of carbonyl (C=O) groups is 2. The lowest BCUT2D eigenvalue weighted by Crippen LogP contribution is -2.46. The maximum absolute atomic E-state index is 13.6. The van der Waals surface area contributed by atoms with E-state index in [1.807, 2.05) is 19.1 Å². The van der Waals surface area contributed by atoms with E-state index in [-0.39, 0.29) is 18.6 Å². The zero-order valence-electron chi connectivity index (χ0n) is 29.9. The molecule has 47 heavy (non-hydrogen) atoms. The number of ether oxygens (including phenoxy) is 2. The third-order valence-corrected chi connectivity index (χ3v) is 11.9. The molecule has 0 heterocycles. The predicted octanol–water partition coefficient (Wildman–Crippen LogP) is 10.3. The second-order valence-electron chi connectivity index (χ2n) is 14.9. The fraction of sp³-hybridized carbons (Fsp3) is 0.610. The number of rotatable bonds is 12. The maximum Gasteiger partial charge on any atom is 0.329 e. The van der Waals surface area contributed by atoms with Crippen LogP contribution in [-0.4, -0.2) is 37.7 Å². The average Bonchev–Trinajstić information content (AvgIpc) is 3.41. The van der Waals surface area contributed by atoms with Crippen LogP contribution in [0.5, 0.6) is 0 Å². The van der Waals surface area contributed by atoms with Gasteiger partial charge in [0, 0.05) is 17.1 Å². The Morgan fingerprint density at radius 1 is 1.06 bits per heavy atom. The second-order valence-corrected chi connectivity index (χ2v) is 15.3. The number of hydrogen-bond donors (Lipinski definition) is 0. The largest absolute Gasteiger partial charge is 0.468 e. The van der Waals surface area contributed by atoms with Crippen LogP contribution in [0.1, 0.15) is 99.3 Å². The lowest BCUT2D eigenvalue weighted by Gasteiger charge is -2.44. The number of benzene rings is 1. The Kier molecular flexibility index (Phi) is 13.0. The van der Waals surface area contributed by atoms with Gasteiger partial charge in [-0.1, -0.05) is 95.2 Å². The summed E-state index contributed by atoms with van der Waals surface area (Å²) in [6, 6.07) is 6.51. The van der Waals surface area contributed by atoms with Gasteiger partial charge in [-0.2, -0.15) is 0 Å². The highest BCUT2D eigenvalue weighted by Gasteiger charge is 2.50. The second kappa shape index (κ2) is 16.5. The van der Waals surface area contributed by atoms with E-state index >= 15 is 0 Å². The molecule has 3 fully saturated rings. The smallest absolute Gasteiger partial charge is 0.329 e. The molecule has 6 heteroatoms. The van der Waals surface area contributed by atoms with Gasteiger partial charge in [-0.15, -0.1) is 0 Å². The monoisotopic (exact) mass is 663 g/mol. The molecule has 0 radical (unpaired) electrons. The average molecular weight is 664 g/mol. The van der Waals surface area contributed by atoms with Crippen molar-refractivity contribution in [2.24, 2.45) is 35.0 Å². The molecule has 0 N–H and O–H groups in total. The van der Waals surface area contributed by atoms with E-state index in [1.165, 1.54) is 38.4 Å². The van der Waals surface area contributed by atoms with Gasteiger partial charge in [-0.05, 0) is 116 Å². The van der Waals surface area contributed by atoms with Crippen molar-refractivity contribution in [2.75, 3.05) is 18.6 Å². The minimum atomic E-state index is -0.629. The highest BCUT2D eigenvalue weighted by Crippen LogP contribution is 2.59. The Morgan fingerprint density at radius 3 is 2.45 bits per heavy atom. The summed E-state index contributed by atoms with van der Waals surface area (Å²) in [4.78, 5) is 27.7. The normalized spacial score (nSPS) is 28.4. The van der Waals surface area contributed by atoms with Crippen LogP contribution in [0.4, 0.5) is 5.69 Å². The molecular formula is C41H58ClNO4. The molecule has 0 unspecified atom stereocenters. The number of hydrogen-bond acceptors (Lipinski definition) is 5. The van der Waals surface area contributed by atoms with Gasteiger partial charge in [0.15, 0.2) is 0 Å². The van der Waals surface area contributed by atoms with E-state index in [0.717, 1.165) is 30.5 Å². The van der Waals surface area contributed by atoms with E-state index in [9.17, 15) is 9.59 Å². The van der Waals surface area contributed by atoms with Crippen molar-refractivity contribution in [3.63, 3.8) is 0 Å². The minimum Gasteiger partial charge on any atom is -0.468 e. The van der Waals surface area contributed by atoms with E-state index in [2.05, 4.69) is 65.5 Å². The quantitative estimate of drug-likeness (QED) is 0.165. The highest BCUT2D eigenvalue weighted by molar-refractivity contribution is 6.30. The lowest BCUT2D eigenvalue weighted by atomic mass is 9.61. The summed E-state index contributed by atoms with van der Waals surface area (Å²) in [5.41, 5.74) is 4.96. The lowest BCUT2D eigenvalue weighted by molar-refractivity contribution is -0.151. The molecule has 0 bridgehead atoms. The third-order valence-electron chi connectivity index (χ3n) is 11.6. The van der Waals surface area contributed by atoms with Crippen LogP contribution in [0, 0.1) is 35.0 Å². The molecule has 4 rings (SSSR count). The molecule has 7 atom stereocenters. The van der Waals surface area contributed by atoms with Crippen molar-refractivity contribution < 1.29 is 19.1 Å². The fourth-order valence-electron chi connectivity index (χ4n) is 8.31. The SMILES string of the molecule is C=C1CC[C@H](OC(=O)[C@@H](CC)N(CC(=O)OC)c2ccc(Cl)cc2)C/C1=C/C=C1\CCC[C@]2(C)[C@@H]([C@H](C)/C=C/[C@@H](C)C(C)C)CC[C@@H]12. The van der Waals surface area contributed by atoms with E-state index < -0.39 is 12.0 Å². The Bertz CT molecular complexity index is 1340. The Morgan fingerprint density at radius 2 is 1.79 bits per heavy atom. The Hall–Kier alpha value is -2.79. The van der Waals surface area contributed by atoms with Crippen molar-refractivity contribution in [2.45, 2.75) is 111 Å². The number of halogens is 1. The van der Waals surface area contributed by atoms with Gasteiger partial charge in [-0.3, -0.25) is 4.79 Å². The van der Waals surface area contributed by atoms with Gasteiger partial charge < -0.3 is 14.4 Å². The van der Waals surface area contributed by atoms with Crippen LogP contribution in [0.15, 0.2) is 71.9 Å². The summed E-state index contributed by atoms with van der Waals surface area (Å²) >= 11 is 6.12. The molecule has 1 aromatic rings. The summed E-state index contributed by atoms with van der Waals surface area (Å²) in [6.45, 7) is 18.2. The molecule has 0 aromatic heterocycles. The number of allylic oxidation sites excluding steroid dienone is 6. The molecule has 3 aliphatic rings. The number of esters is 2. The summed E-state index contributed by atoms with van der Waals surface area (Å²) < 4.78 is 11.1. The first kappa shape index (κ1) is 37.0. The summed E-state index contributed by atoms with van der Waals surface area (Å²) in [5, 5.41) is 0.586. The van der Waals surface area contributed by atoms with Crippen molar-refractivity contribution >= 4 is 29.2 Å². The van der Waals surface area contributed by atoms with Crippen molar-refractivity contribution in [1.29, 1.82) is 0 Å². The van der Waals surface area contributed by atoms with Crippen LogP contribution in [0.2, 0.25) is 5.02 Å². The number of methoxy groups -OCH3 is 1. The Labute approximate surface area is 289 Å². The van der Waals surface area contributed by atoms with Gasteiger partial charge in [0.1, 0.15) is 18.7 Å². The standard InChI is InChI=1S/C41H58ClNO4/c1-9-38(43(26-39(44)46-8)34-19-17-33(42)18-20-34)40(45)47-35-21-14-29(5)32(25-35)16-15-31-11-10-24-41(7)36(22-23-37(31)41)30(6)13-12-28(4)27(2)3/h12-13,15-20,27-28,30,35-38H,5,9-11,14,21-26H2,1-4,6-8H3/b13-12+,31-15+,32-16-/t28-,30-,35+,36-,37+,38-,41-/m1/s1. The van der Waals surface area contributed by atoms with Gasteiger partial charge in [-0.25, -0.2) is 4.79 Å². The molecule has 258 valence electrons. The predicted molar refractivity (Wildman–Crippen MR) is 194 cm³/mol. The van der Waals surface area contributed by atoms with Gasteiger partial charge in [0.2, 0.25) is 0 Å². The third kappa shape index (κ3) is 9.02. The fourth-order valence-corrected chi connectivity index (χ4v) is 8.43. The molecule has 3 aliphatic carbocycles. The Balaban J connectivity index is 1.46.